The SMILES string of the molecule is CCOC(=O)C(C)Oc1cc(Cl)c(CNNc2ccccc2)cc1OC. The molecule has 0 amide bonds. The molecule has 0 aromatic heterocycles. The molecule has 0 aliphatic rings. The summed E-state index contributed by atoms with van der Waals surface area (Å²) in [7, 11) is 1.53. The Hall–Kier alpha value is -2.44. The largest absolute Gasteiger partial charge is 0.493 e. The van der Waals surface area contributed by atoms with Crippen LogP contribution in [0.5, 0.6) is 11.5 Å². The minimum atomic E-state index is -0.761. The van der Waals surface area contributed by atoms with Gasteiger partial charge >= 0.3 is 5.97 Å². The number of esters is 1. The van der Waals surface area contributed by atoms with E-state index < -0.39 is 12.1 Å². The molecule has 2 aromatic rings. The smallest absolute Gasteiger partial charge is 0.347 e. The first-order valence-electron chi connectivity index (χ1n) is 8.28. The molecule has 0 heterocycles. The van der Waals surface area contributed by atoms with Crippen molar-refractivity contribution in [1.29, 1.82) is 0 Å². The van der Waals surface area contributed by atoms with E-state index >= 15 is 0 Å². The molecular formula is C19H23ClN2O4. The summed E-state index contributed by atoms with van der Waals surface area (Å²) in [5, 5.41) is 0.499. The second kappa shape index (κ2) is 9.89. The number of methoxy groups -OCH3 is 1. The van der Waals surface area contributed by atoms with Crippen LogP contribution in [-0.2, 0) is 16.1 Å². The maximum Gasteiger partial charge on any atom is 0.347 e. The Morgan fingerprint density at radius 1 is 1.19 bits per heavy atom. The van der Waals surface area contributed by atoms with Crippen molar-refractivity contribution in [3.05, 3.63) is 53.1 Å². The Morgan fingerprint density at radius 2 is 1.92 bits per heavy atom. The topological polar surface area (TPSA) is 68.8 Å². The highest BCUT2D eigenvalue weighted by atomic mass is 35.5. The van der Waals surface area contributed by atoms with Crippen LogP contribution in [0.4, 0.5) is 5.69 Å². The fourth-order valence-corrected chi connectivity index (χ4v) is 2.45. The van der Waals surface area contributed by atoms with E-state index in [4.69, 9.17) is 25.8 Å². The van der Waals surface area contributed by atoms with Crippen LogP contribution >= 0.6 is 11.6 Å². The van der Waals surface area contributed by atoms with Gasteiger partial charge in [-0.05, 0) is 37.6 Å². The quantitative estimate of drug-likeness (QED) is 0.511. The molecule has 0 aliphatic carbocycles. The molecule has 0 spiro atoms. The van der Waals surface area contributed by atoms with Gasteiger partial charge in [-0.2, -0.15) is 0 Å². The van der Waals surface area contributed by atoms with Crippen molar-refractivity contribution in [2.75, 3.05) is 19.1 Å². The lowest BCUT2D eigenvalue weighted by Gasteiger charge is -2.17. The summed E-state index contributed by atoms with van der Waals surface area (Å²) < 4.78 is 15.9. The number of hydrazine groups is 1. The second-order valence-corrected chi connectivity index (χ2v) is 5.86. The molecule has 140 valence electrons. The van der Waals surface area contributed by atoms with Crippen LogP contribution in [0.15, 0.2) is 42.5 Å². The predicted molar refractivity (Wildman–Crippen MR) is 102 cm³/mol. The van der Waals surface area contributed by atoms with Gasteiger partial charge in [0.25, 0.3) is 0 Å². The lowest BCUT2D eigenvalue weighted by atomic mass is 10.2. The second-order valence-electron chi connectivity index (χ2n) is 5.45. The van der Waals surface area contributed by atoms with Crippen molar-refractivity contribution < 1.29 is 19.0 Å². The summed E-state index contributed by atoms with van der Waals surface area (Å²) in [4.78, 5) is 11.7. The van der Waals surface area contributed by atoms with Crippen LogP contribution < -0.4 is 20.3 Å². The van der Waals surface area contributed by atoms with Gasteiger partial charge in [0.2, 0.25) is 0 Å². The summed E-state index contributed by atoms with van der Waals surface area (Å²) in [6, 6.07) is 13.1. The lowest BCUT2D eigenvalue weighted by Crippen LogP contribution is -2.26. The Kier molecular flexibility index (Phi) is 7.56. The number of benzene rings is 2. The van der Waals surface area contributed by atoms with Crippen molar-refractivity contribution in [3.8, 4) is 11.5 Å². The van der Waals surface area contributed by atoms with Crippen molar-refractivity contribution in [3.63, 3.8) is 0 Å². The first kappa shape index (κ1) is 19.9. The number of hydrogen-bond donors (Lipinski definition) is 2. The van der Waals surface area contributed by atoms with Crippen LogP contribution in [0.2, 0.25) is 5.02 Å². The van der Waals surface area contributed by atoms with Gasteiger partial charge in [-0.3, -0.25) is 0 Å². The monoisotopic (exact) mass is 378 g/mol. The highest BCUT2D eigenvalue weighted by Gasteiger charge is 2.19. The van der Waals surface area contributed by atoms with Crippen molar-refractivity contribution in [1.82, 2.24) is 5.43 Å². The number of carbonyl (C=O) groups excluding carboxylic acids is 1. The molecule has 7 heteroatoms. The summed E-state index contributed by atoms with van der Waals surface area (Å²) in [6.07, 6.45) is -0.761. The molecule has 0 bridgehead atoms. The van der Waals surface area contributed by atoms with Crippen molar-refractivity contribution in [2.24, 2.45) is 0 Å². The number of ether oxygens (including phenoxy) is 3. The molecule has 6 nitrogen and oxygen atoms in total. The van der Waals surface area contributed by atoms with Gasteiger partial charge in [0.15, 0.2) is 17.6 Å². The van der Waals surface area contributed by atoms with Gasteiger partial charge in [-0.15, -0.1) is 0 Å². The number of para-hydroxylation sites is 1. The van der Waals surface area contributed by atoms with E-state index in [0.717, 1.165) is 11.3 Å². The van der Waals surface area contributed by atoms with E-state index in [1.54, 1.807) is 26.0 Å². The van der Waals surface area contributed by atoms with Gasteiger partial charge in [0, 0.05) is 23.3 Å². The fraction of sp³-hybridized carbons (Fsp3) is 0.316. The van der Waals surface area contributed by atoms with Crippen LogP contribution in [0.25, 0.3) is 0 Å². The van der Waals surface area contributed by atoms with E-state index in [9.17, 15) is 4.79 Å². The van der Waals surface area contributed by atoms with E-state index in [2.05, 4.69) is 10.9 Å². The number of carbonyl (C=O) groups is 1. The molecular weight excluding hydrogens is 356 g/mol. The third kappa shape index (κ3) is 5.54. The van der Waals surface area contributed by atoms with E-state index in [-0.39, 0.29) is 0 Å². The third-order valence-electron chi connectivity index (χ3n) is 3.54. The number of halogens is 1. The zero-order valence-electron chi connectivity index (χ0n) is 15.0. The predicted octanol–water partition coefficient (Wildman–Crippen LogP) is 3.80. The van der Waals surface area contributed by atoms with E-state index in [0.29, 0.717) is 29.7 Å². The molecule has 1 atom stereocenters. The van der Waals surface area contributed by atoms with Crippen LogP contribution in [0, 0.1) is 0 Å². The Balaban J connectivity index is 2.04. The molecule has 0 saturated carbocycles. The zero-order valence-corrected chi connectivity index (χ0v) is 15.8. The maximum atomic E-state index is 11.7. The lowest BCUT2D eigenvalue weighted by molar-refractivity contribution is -0.150. The van der Waals surface area contributed by atoms with E-state index in [1.165, 1.54) is 7.11 Å². The summed E-state index contributed by atoms with van der Waals surface area (Å²) in [5.41, 5.74) is 7.96. The number of rotatable bonds is 9. The third-order valence-corrected chi connectivity index (χ3v) is 3.89. The average Bonchev–Trinajstić information content (AvgIpc) is 2.64. The van der Waals surface area contributed by atoms with Crippen LogP contribution in [0.3, 0.4) is 0 Å². The molecule has 1 unspecified atom stereocenters. The Morgan fingerprint density at radius 3 is 2.58 bits per heavy atom. The molecule has 0 aliphatic heterocycles. The molecule has 26 heavy (non-hydrogen) atoms. The maximum absolute atomic E-state index is 11.7. The number of anilines is 1. The first-order chi connectivity index (χ1) is 12.5. The molecule has 2 rings (SSSR count). The Labute approximate surface area is 158 Å². The molecule has 0 radical (unpaired) electrons. The molecule has 2 aromatic carbocycles. The minimum absolute atomic E-state index is 0.295. The van der Waals surface area contributed by atoms with Gasteiger partial charge in [0.1, 0.15) is 0 Å². The van der Waals surface area contributed by atoms with Crippen molar-refractivity contribution >= 4 is 23.3 Å². The average molecular weight is 379 g/mol. The van der Waals surface area contributed by atoms with Gasteiger partial charge in [-0.1, -0.05) is 29.8 Å². The normalized spacial score (nSPS) is 11.5. The fourth-order valence-electron chi connectivity index (χ4n) is 2.23. The minimum Gasteiger partial charge on any atom is -0.493 e. The van der Waals surface area contributed by atoms with Gasteiger partial charge < -0.3 is 19.6 Å². The Bertz CT molecular complexity index is 725. The zero-order chi connectivity index (χ0) is 18.9. The molecule has 0 fully saturated rings. The van der Waals surface area contributed by atoms with Crippen LogP contribution in [-0.4, -0.2) is 25.8 Å². The first-order valence-corrected chi connectivity index (χ1v) is 8.66. The number of nitrogens with one attached hydrogen (secondary N) is 2. The summed E-state index contributed by atoms with van der Waals surface area (Å²) in [6.45, 7) is 4.12. The number of hydrogen-bond acceptors (Lipinski definition) is 6. The van der Waals surface area contributed by atoms with Gasteiger partial charge in [0.05, 0.1) is 13.7 Å². The van der Waals surface area contributed by atoms with Crippen LogP contribution in [0.1, 0.15) is 19.4 Å². The highest BCUT2D eigenvalue weighted by Crippen LogP contribution is 2.34. The van der Waals surface area contributed by atoms with Gasteiger partial charge in [-0.25, -0.2) is 10.2 Å². The van der Waals surface area contributed by atoms with E-state index in [1.807, 2.05) is 30.3 Å². The molecule has 2 N–H and O–H groups in total. The van der Waals surface area contributed by atoms with Crippen molar-refractivity contribution in [2.45, 2.75) is 26.5 Å². The standard InChI is InChI=1S/C19H23ClN2O4/c1-4-25-19(23)13(2)26-18-11-16(20)14(10-17(18)24-3)12-21-22-15-8-6-5-7-9-15/h5-11,13,21-22H,4,12H2,1-3H3. The summed E-state index contributed by atoms with van der Waals surface area (Å²) >= 11 is 6.34. The summed E-state index contributed by atoms with van der Waals surface area (Å²) in [5.74, 6) is 0.434. The molecule has 0 saturated heterocycles. The highest BCUT2D eigenvalue weighted by molar-refractivity contribution is 6.31.